The van der Waals surface area contributed by atoms with Gasteiger partial charge in [-0.15, -0.1) is 0 Å². The maximum atomic E-state index is 11.4. The van der Waals surface area contributed by atoms with Gasteiger partial charge in [0.15, 0.2) is 0 Å². The lowest BCUT2D eigenvalue weighted by Crippen LogP contribution is -2.22. The maximum absolute atomic E-state index is 11.4. The molecule has 1 fully saturated rings. The molecular formula is C27H36N4OS. The largest absolute Gasteiger partial charge is 0.327 e. The fraction of sp³-hybridized carbons (Fsp3) is 0.481. The Morgan fingerprint density at radius 1 is 1.15 bits per heavy atom. The van der Waals surface area contributed by atoms with Gasteiger partial charge in [-0.2, -0.15) is 0 Å². The van der Waals surface area contributed by atoms with E-state index in [-0.39, 0.29) is 11.3 Å². The third-order valence-electron chi connectivity index (χ3n) is 6.33. The molecule has 2 aromatic carbocycles. The van der Waals surface area contributed by atoms with Crippen LogP contribution in [0.4, 0.5) is 11.4 Å². The van der Waals surface area contributed by atoms with Gasteiger partial charge >= 0.3 is 0 Å². The van der Waals surface area contributed by atoms with Crippen LogP contribution in [0.5, 0.6) is 0 Å². The molecule has 4 rings (SSSR count). The molecule has 1 amide bonds. The van der Waals surface area contributed by atoms with Crippen LogP contribution in [0.2, 0.25) is 0 Å². The van der Waals surface area contributed by atoms with E-state index in [1.807, 2.05) is 18.2 Å². The van der Waals surface area contributed by atoms with Crippen LogP contribution >= 0.6 is 11.9 Å². The first-order valence-corrected chi connectivity index (χ1v) is 12.8. The van der Waals surface area contributed by atoms with Crippen LogP contribution in [0, 0.1) is 5.92 Å². The van der Waals surface area contributed by atoms with E-state index in [4.69, 9.17) is 4.98 Å². The van der Waals surface area contributed by atoms with Crippen LogP contribution < -0.4 is 9.62 Å². The smallest absolute Gasteiger partial charge is 0.221 e. The lowest BCUT2D eigenvalue weighted by atomic mass is 9.88. The Balaban J connectivity index is 1.60. The first kappa shape index (κ1) is 23.7. The Morgan fingerprint density at radius 2 is 1.91 bits per heavy atom. The average Bonchev–Trinajstić information content (AvgIpc) is 3.12. The molecule has 0 bridgehead atoms. The van der Waals surface area contributed by atoms with Gasteiger partial charge < -0.3 is 14.2 Å². The van der Waals surface area contributed by atoms with Crippen molar-refractivity contribution in [2.24, 2.45) is 5.92 Å². The second-order valence-electron chi connectivity index (χ2n) is 10.3. The molecule has 5 nitrogen and oxygen atoms in total. The molecule has 0 unspecified atom stereocenters. The van der Waals surface area contributed by atoms with Gasteiger partial charge in [0.25, 0.3) is 0 Å². The Morgan fingerprint density at radius 3 is 2.61 bits per heavy atom. The van der Waals surface area contributed by atoms with Gasteiger partial charge in [0.05, 0.1) is 11.0 Å². The van der Waals surface area contributed by atoms with E-state index in [0.717, 1.165) is 34.2 Å². The molecule has 0 atom stereocenters. The van der Waals surface area contributed by atoms with Crippen molar-refractivity contribution >= 4 is 40.3 Å². The molecule has 33 heavy (non-hydrogen) atoms. The predicted molar refractivity (Wildman–Crippen MR) is 140 cm³/mol. The molecule has 1 N–H and O–H groups in total. The minimum absolute atomic E-state index is 0.00134. The van der Waals surface area contributed by atoms with Gasteiger partial charge in [-0.3, -0.25) is 4.79 Å². The summed E-state index contributed by atoms with van der Waals surface area (Å²) in [4.78, 5) is 17.6. The SMILES string of the molecule is CC(=O)Nc1cccc(SN(C)c2ccc3c(c2)nc(C(C)(C)C)n3CC2CCCCC2)c1. The number of aromatic nitrogens is 2. The van der Waals surface area contributed by atoms with E-state index < -0.39 is 0 Å². The van der Waals surface area contributed by atoms with Crippen molar-refractivity contribution in [1.29, 1.82) is 0 Å². The molecule has 1 saturated carbocycles. The number of amides is 1. The van der Waals surface area contributed by atoms with Crippen LogP contribution in [0.1, 0.15) is 65.6 Å². The quantitative estimate of drug-likeness (QED) is 0.398. The molecule has 6 heteroatoms. The van der Waals surface area contributed by atoms with Gasteiger partial charge in [0.1, 0.15) is 5.82 Å². The molecule has 0 aliphatic heterocycles. The van der Waals surface area contributed by atoms with Gasteiger partial charge in [-0.25, -0.2) is 4.98 Å². The number of carbonyl (C=O) groups excluding carboxylic acids is 1. The highest BCUT2D eigenvalue weighted by atomic mass is 32.2. The number of rotatable bonds is 6. The second kappa shape index (κ2) is 9.80. The van der Waals surface area contributed by atoms with Gasteiger partial charge in [0, 0.05) is 42.2 Å². The molecular weight excluding hydrogens is 428 g/mol. The van der Waals surface area contributed by atoms with E-state index in [0.29, 0.717) is 0 Å². The molecule has 1 aliphatic rings. The number of nitrogens with one attached hydrogen (secondary N) is 1. The zero-order valence-electron chi connectivity index (χ0n) is 20.5. The van der Waals surface area contributed by atoms with Crippen molar-refractivity contribution in [1.82, 2.24) is 9.55 Å². The first-order valence-electron chi connectivity index (χ1n) is 12.0. The van der Waals surface area contributed by atoms with Crippen molar-refractivity contribution in [3.63, 3.8) is 0 Å². The molecule has 176 valence electrons. The summed E-state index contributed by atoms with van der Waals surface area (Å²) >= 11 is 1.64. The number of carbonyl (C=O) groups is 1. The van der Waals surface area contributed by atoms with Gasteiger partial charge in [-0.05, 0) is 67.1 Å². The van der Waals surface area contributed by atoms with Crippen LogP contribution in [0.3, 0.4) is 0 Å². The highest BCUT2D eigenvalue weighted by Gasteiger charge is 2.25. The number of nitrogens with zero attached hydrogens (tertiary/aromatic N) is 3. The van der Waals surface area contributed by atoms with Crippen LogP contribution in [-0.4, -0.2) is 22.5 Å². The molecule has 0 radical (unpaired) electrons. The monoisotopic (exact) mass is 464 g/mol. The first-order chi connectivity index (χ1) is 15.7. The maximum Gasteiger partial charge on any atom is 0.221 e. The highest BCUT2D eigenvalue weighted by Crippen LogP contribution is 2.34. The van der Waals surface area contributed by atoms with E-state index in [1.165, 1.54) is 50.4 Å². The molecule has 0 spiro atoms. The number of benzene rings is 2. The number of imidazole rings is 1. The van der Waals surface area contributed by atoms with E-state index >= 15 is 0 Å². The summed E-state index contributed by atoms with van der Waals surface area (Å²) in [7, 11) is 2.07. The van der Waals surface area contributed by atoms with Crippen LogP contribution in [0.15, 0.2) is 47.4 Å². The second-order valence-corrected chi connectivity index (χ2v) is 11.5. The van der Waals surface area contributed by atoms with Crippen molar-refractivity contribution in [3.8, 4) is 0 Å². The topological polar surface area (TPSA) is 50.2 Å². The third kappa shape index (κ3) is 5.72. The lowest BCUT2D eigenvalue weighted by Gasteiger charge is -2.26. The summed E-state index contributed by atoms with van der Waals surface area (Å²) in [6, 6.07) is 14.6. The van der Waals surface area contributed by atoms with Gasteiger partial charge in [-0.1, -0.05) is 46.1 Å². The van der Waals surface area contributed by atoms with E-state index in [2.05, 4.69) is 66.3 Å². The van der Waals surface area contributed by atoms with E-state index in [1.54, 1.807) is 11.9 Å². The summed E-state index contributed by atoms with van der Waals surface area (Å²) in [5.74, 6) is 1.87. The minimum Gasteiger partial charge on any atom is -0.327 e. The summed E-state index contributed by atoms with van der Waals surface area (Å²) in [6.45, 7) is 9.38. The fourth-order valence-electron chi connectivity index (χ4n) is 4.74. The Kier molecular flexibility index (Phi) is 7.03. The zero-order valence-corrected chi connectivity index (χ0v) is 21.3. The van der Waals surface area contributed by atoms with E-state index in [9.17, 15) is 4.79 Å². The fourth-order valence-corrected chi connectivity index (χ4v) is 5.60. The average molecular weight is 465 g/mol. The number of fused-ring (bicyclic) bond motifs is 1. The lowest BCUT2D eigenvalue weighted by molar-refractivity contribution is -0.114. The molecule has 0 saturated heterocycles. The Hall–Kier alpha value is -2.47. The number of hydrogen-bond donors (Lipinski definition) is 1. The highest BCUT2D eigenvalue weighted by molar-refractivity contribution is 8.00. The summed E-state index contributed by atoms with van der Waals surface area (Å²) in [5.41, 5.74) is 4.22. The molecule has 3 aromatic rings. The van der Waals surface area contributed by atoms with Crippen molar-refractivity contribution in [2.45, 2.75) is 76.7 Å². The standard InChI is InChI=1S/C27H36N4OS/c1-19(32)28-21-12-9-13-23(16-21)33-30(5)22-14-15-25-24(17-22)29-26(27(2,3)4)31(25)18-20-10-7-6-8-11-20/h9,12-17,20H,6-8,10-11,18H2,1-5H3,(H,28,32). The summed E-state index contributed by atoms with van der Waals surface area (Å²) in [5, 5.41) is 2.86. The zero-order chi connectivity index (χ0) is 23.6. The number of hydrogen-bond acceptors (Lipinski definition) is 4. The normalized spacial score (nSPS) is 15.1. The minimum atomic E-state index is -0.0607. The van der Waals surface area contributed by atoms with Crippen LogP contribution in [-0.2, 0) is 16.8 Å². The summed E-state index contributed by atoms with van der Waals surface area (Å²) in [6.07, 6.45) is 6.76. The van der Waals surface area contributed by atoms with Crippen molar-refractivity contribution in [2.75, 3.05) is 16.7 Å². The van der Waals surface area contributed by atoms with Gasteiger partial charge in [0.2, 0.25) is 5.91 Å². The van der Waals surface area contributed by atoms with Crippen molar-refractivity contribution in [3.05, 3.63) is 48.3 Å². The molecule has 1 heterocycles. The molecule has 1 aliphatic carbocycles. The number of anilines is 2. The Bertz CT molecular complexity index is 1120. The predicted octanol–water partition coefficient (Wildman–Crippen LogP) is 7.02. The third-order valence-corrected chi connectivity index (χ3v) is 7.28. The Labute approximate surface area is 202 Å². The van der Waals surface area contributed by atoms with Crippen molar-refractivity contribution < 1.29 is 4.79 Å². The molecule has 1 aromatic heterocycles. The summed E-state index contributed by atoms with van der Waals surface area (Å²) < 4.78 is 4.64. The van der Waals surface area contributed by atoms with Crippen LogP contribution in [0.25, 0.3) is 11.0 Å².